The summed E-state index contributed by atoms with van der Waals surface area (Å²) in [6, 6.07) is 13.7. The zero-order chi connectivity index (χ0) is 22.1. The van der Waals surface area contributed by atoms with E-state index in [1.165, 1.54) is 11.3 Å². The molecule has 3 amide bonds. The van der Waals surface area contributed by atoms with Gasteiger partial charge in [0.2, 0.25) is 5.91 Å². The lowest BCUT2D eigenvalue weighted by molar-refractivity contribution is -0.120. The van der Waals surface area contributed by atoms with E-state index in [0.29, 0.717) is 22.7 Å². The highest BCUT2D eigenvalue weighted by Gasteiger charge is 2.42. The standard InChI is InChI=1S/C24H23N3O3S/c1-14(2)12-20(27-22(29)17-6-4-5-7-18(17)23(27)30)21(28)26-24-25-19(13-31-24)16-10-8-15(3)9-11-16/h4-11,13-14,20H,12H2,1-3H3,(H,25,26,28)/t20-/m1/s1. The number of aryl methyl sites for hydroxylation is 1. The first-order chi connectivity index (χ1) is 14.8. The van der Waals surface area contributed by atoms with Crippen LogP contribution in [0.5, 0.6) is 0 Å². The van der Waals surface area contributed by atoms with Crippen molar-refractivity contribution in [3.05, 3.63) is 70.6 Å². The Balaban J connectivity index is 1.57. The van der Waals surface area contributed by atoms with E-state index in [1.807, 2.05) is 50.4 Å². The highest BCUT2D eigenvalue weighted by molar-refractivity contribution is 7.14. The molecule has 1 aliphatic heterocycles. The van der Waals surface area contributed by atoms with Crippen molar-refractivity contribution < 1.29 is 14.4 Å². The minimum atomic E-state index is -0.904. The Morgan fingerprint density at radius 1 is 1.03 bits per heavy atom. The van der Waals surface area contributed by atoms with Gasteiger partial charge in [-0.25, -0.2) is 4.98 Å². The lowest BCUT2D eigenvalue weighted by Crippen LogP contribution is -2.47. The van der Waals surface area contributed by atoms with Crippen molar-refractivity contribution >= 4 is 34.2 Å². The fourth-order valence-electron chi connectivity index (χ4n) is 3.64. The lowest BCUT2D eigenvalue weighted by atomic mass is 10.0. The molecule has 0 saturated carbocycles. The quantitative estimate of drug-likeness (QED) is 0.568. The average molecular weight is 434 g/mol. The summed E-state index contributed by atoms with van der Waals surface area (Å²) >= 11 is 1.31. The van der Waals surface area contributed by atoms with E-state index in [-0.39, 0.29) is 5.92 Å². The fraction of sp³-hybridized carbons (Fsp3) is 0.250. The van der Waals surface area contributed by atoms with Crippen LogP contribution < -0.4 is 5.32 Å². The van der Waals surface area contributed by atoms with Crippen molar-refractivity contribution in [3.63, 3.8) is 0 Å². The Morgan fingerprint density at radius 3 is 2.23 bits per heavy atom. The van der Waals surface area contributed by atoms with E-state index in [0.717, 1.165) is 21.7 Å². The van der Waals surface area contributed by atoms with Crippen molar-refractivity contribution in [1.29, 1.82) is 0 Å². The van der Waals surface area contributed by atoms with Crippen LogP contribution in [0, 0.1) is 12.8 Å². The minimum absolute atomic E-state index is 0.111. The van der Waals surface area contributed by atoms with Gasteiger partial charge in [-0.1, -0.05) is 55.8 Å². The number of thiazole rings is 1. The molecule has 158 valence electrons. The zero-order valence-corrected chi connectivity index (χ0v) is 18.4. The minimum Gasteiger partial charge on any atom is -0.300 e. The molecule has 0 unspecified atom stereocenters. The van der Waals surface area contributed by atoms with Gasteiger partial charge in [0.05, 0.1) is 16.8 Å². The molecule has 1 aliphatic rings. The second-order valence-corrected chi connectivity index (χ2v) is 8.92. The molecule has 4 rings (SSSR count). The summed E-state index contributed by atoms with van der Waals surface area (Å²) in [5.41, 5.74) is 3.56. The van der Waals surface area contributed by atoms with Gasteiger partial charge in [-0.05, 0) is 31.4 Å². The number of rotatable bonds is 6. The summed E-state index contributed by atoms with van der Waals surface area (Å²) in [5, 5.41) is 5.13. The maximum absolute atomic E-state index is 13.2. The number of carbonyl (C=O) groups excluding carboxylic acids is 3. The first-order valence-corrected chi connectivity index (χ1v) is 11.0. The van der Waals surface area contributed by atoms with Crippen molar-refractivity contribution in [1.82, 2.24) is 9.88 Å². The average Bonchev–Trinajstić information content (AvgIpc) is 3.30. The van der Waals surface area contributed by atoms with E-state index in [4.69, 9.17) is 0 Å². The van der Waals surface area contributed by atoms with E-state index < -0.39 is 23.8 Å². The highest BCUT2D eigenvalue weighted by atomic mass is 32.1. The molecule has 7 heteroatoms. The van der Waals surface area contributed by atoms with Gasteiger partial charge in [-0.3, -0.25) is 19.3 Å². The Kier molecular flexibility index (Phi) is 5.69. The molecule has 1 N–H and O–H groups in total. The van der Waals surface area contributed by atoms with Crippen LogP contribution in [-0.2, 0) is 4.79 Å². The van der Waals surface area contributed by atoms with Crippen LogP contribution in [0.2, 0.25) is 0 Å². The number of amides is 3. The second-order valence-electron chi connectivity index (χ2n) is 8.06. The predicted molar refractivity (Wildman–Crippen MR) is 121 cm³/mol. The van der Waals surface area contributed by atoms with Gasteiger partial charge in [0.25, 0.3) is 11.8 Å². The third-order valence-corrected chi connectivity index (χ3v) is 5.97. The molecular weight excluding hydrogens is 410 g/mol. The molecule has 0 radical (unpaired) electrons. The van der Waals surface area contributed by atoms with Crippen LogP contribution in [-0.4, -0.2) is 33.6 Å². The molecule has 0 saturated heterocycles. The van der Waals surface area contributed by atoms with Crippen molar-refractivity contribution in [2.45, 2.75) is 33.2 Å². The first kappa shape index (κ1) is 20.9. The Bertz CT molecular complexity index is 1120. The molecule has 0 bridgehead atoms. The molecule has 0 spiro atoms. The topological polar surface area (TPSA) is 79.4 Å². The summed E-state index contributed by atoms with van der Waals surface area (Å²) < 4.78 is 0. The molecule has 1 aromatic heterocycles. The largest absolute Gasteiger partial charge is 0.300 e. The van der Waals surface area contributed by atoms with E-state index >= 15 is 0 Å². The predicted octanol–water partition coefficient (Wildman–Crippen LogP) is 4.77. The van der Waals surface area contributed by atoms with E-state index in [9.17, 15) is 14.4 Å². The number of nitrogens with zero attached hydrogens (tertiary/aromatic N) is 2. The first-order valence-electron chi connectivity index (χ1n) is 10.2. The Labute approximate surface area is 184 Å². The number of hydrogen-bond acceptors (Lipinski definition) is 5. The molecule has 0 aliphatic carbocycles. The molecule has 6 nitrogen and oxygen atoms in total. The van der Waals surface area contributed by atoms with E-state index in [2.05, 4.69) is 10.3 Å². The van der Waals surface area contributed by atoms with Crippen molar-refractivity contribution in [2.75, 3.05) is 5.32 Å². The maximum Gasteiger partial charge on any atom is 0.262 e. The summed E-state index contributed by atoms with van der Waals surface area (Å²) in [6.45, 7) is 5.93. The number of anilines is 1. The molecule has 2 aromatic carbocycles. The van der Waals surface area contributed by atoms with Crippen LogP contribution in [0.4, 0.5) is 5.13 Å². The summed E-state index contributed by atoms with van der Waals surface area (Å²) in [7, 11) is 0. The molecule has 31 heavy (non-hydrogen) atoms. The van der Waals surface area contributed by atoms with Gasteiger partial charge in [0.1, 0.15) is 6.04 Å². The summed E-state index contributed by atoms with van der Waals surface area (Å²) in [5.74, 6) is -1.16. The smallest absolute Gasteiger partial charge is 0.262 e. The summed E-state index contributed by atoms with van der Waals surface area (Å²) in [6.07, 6.45) is 0.369. The van der Waals surface area contributed by atoms with Gasteiger partial charge >= 0.3 is 0 Å². The van der Waals surface area contributed by atoms with Crippen LogP contribution in [0.1, 0.15) is 46.5 Å². The van der Waals surface area contributed by atoms with Crippen molar-refractivity contribution in [2.24, 2.45) is 5.92 Å². The monoisotopic (exact) mass is 433 g/mol. The van der Waals surface area contributed by atoms with Crippen molar-refractivity contribution in [3.8, 4) is 11.3 Å². The lowest BCUT2D eigenvalue weighted by Gasteiger charge is -2.26. The Morgan fingerprint density at radius 2 is 1.65 bits per heavy atom. The third kappa shape index (κ3) is 4.14. The van der Waals surface area contributed by atoms with Gasteiger partial charge in [-0.2, -0.15) is 0 Å². The number of fused-ring (bicyclic) bond motifs is 1. The maximum atomic E-state index is 13.2. The normalized spacial score (nSPS) is 14.1. The Hall–Kier alpha value is -3.32. The van der Waals surface area contributed by atoms with Gasteiger partial charge < -0.3 is 5.32 Å². The second kappa shape index (κ2) is 8.43. The number of hydrogen-bond donors (Lipinski definition) is 1. The third-order valence-electron chi connectivity index (χ3n) is 5.22. The van der Waals surface area contributed by atoms with Gasteiger partial charge in [0, 0.05) is 10.9 Å². The molecule has 2 heterocycles. The molecule has 0 fully saturated rings. The fourth-order valence-corrected chi connectivity index (χ4v) is 4.37. The number of aromatic nitrogens is 1. The number of nitrogens with one attached hydrogen (secondary N) is 1. The highest BCUT2D eigenvalue weighted by Crippen LogP contribution is 2.29. The molecule has 3 aromatic rings. The van der Waals surface area contributed by atoms with Crippen LogP contribution in [0.3, 0.4) is 0 Å². The van der Waals surface area contributed by atoms with Gasteiger partial charge in [-0.15, -0.1) is 11.3 Å². The van der Waals surface area contributed by atoms with Gasteiger partial charge in [0.15, 0.2) is 5.13 Å². The SMILES string of the molecule is Cc1ccc(-c2csc(NC(=O)[C@@H](CC(C)C)N3C(=O)c4ccccc4C3=O)n2)cc1. The van der Waals surface area contributed by atoms with Crippen LogP contribution in [0.25, 0.3) is 11.3 Å². The zero-order valence-electron chi connectivity index (χ0n) is 17.6. The van der Waals surface area contributed by atoms with E-state index in [1.54, 1.807) is 24.3 Å². The number of imide groups is 1. The molecular formula is C24H23N3O3S. The molecule has 1 atom stereocenters. The van der Waals surface area contributed by atoms with Crippen LogP contribution in [0.15, 0.2) is 53.9 Å². The number of benzene rings is 2. The van der Waals surface area contributed by atoms with Crippen LogP contribution >= 0.6 is 11.3 Å². The number of carbonyl (C=O) groups is 3. The summed E-state index contributed by atoms with van der Waals surface area (Å²) in [4.78, 5) is 44.6.